The Balaban J connectivity index is 1.07. The molecule has 274 valence electrons. The van der Waals surface area contributed by atoms with Gasteiger partial charge in [0.2, 0.25) is 0 Å². The van der Waals surface area contributed by atoms with E-state index in [1.165, 1.54) is 12.8 Å². The summed E-state index contributed by atoms with van der Waals surface area (Å²) in [5, 5.41) is 26.7. The molecule has 48 heavy (non-hydrogen) atoms. The second-order valence-electron chi connectivity index (χ2n) is 18.9. The number of aliphatic hydroxyl groups excluding tert-OH is 1. The third-order valence-corrected chi connectivity index (χ3v) is 16.2. The molecule has 3 unspecified atom stereocenters. The van der Waals surface area contributed by atoms with Crippen LogP contribution in [-0.2, 0) is 18.9 Å². The molecule has 0 radical (unpaired) electrons. The molecule has 0 aromatic rings. The zero-order chi connectivity index (χ0) is 34.5. The zero-order valence-electron chi connectivity index (χ0n) is 31.2. The van der Waals surface area contributed by atoms with Gasteiger partial charge >= 0.3 is 6.09 Å². The molecule has 7 aliphatic rings. The summed E-state index contributed by atoms with van der Waals surface area (Å²) in [6, 6.07) is 0. The van der Waals surface area contributed by atoms with Gasteiger partial charge in [0, 0.05) is 43.6 Å². The number of aliphatic hydroxyl groups is 2. The predicted octanol–water partition coefficient (Wildman–Crippen LogP) is 5.40. The molecular formula is C39H66N2O7. The molecule has 5 saturated carbocycles. The topological polar surface area (TPSA) is 110 Å². The molecular weight excluding hydrogens is 608 g/mol. The van der Waals surface area contributed by atoms with Crippen LogP contribution < -0.4 is 5.32 Å². The van der Waals surface area contributed by atoms with Gasteiger partial charge in [0.25, 0.3) is 0 Å². The average molecular weight is 675 g/mol. The molecule has 2 saturated heterocycles. The number of amides is 1. The van der Waals surface area contributed by atoms with Crippen LogP contribution in [0.4, 0.5) is 4.79 Å². The van der Waals surface area contributed by atoms with Crippen LogP contribution in [0.2, 0.25) is 0 Å². The molecule has 3 N–H and O–H groups in total. The van der Waals surface area contributed by atoms with Crippen molar-refractivity contribution >= 4 is 6.09 Å². The number of ether oxygens (including phenoxy) is 4. The van der Waals surface area contributed by atoms with Gasteiger partial charge in [-0.15, -0.1) is 0 Å². The van der Waals surface area contributed by atoms with Crippen molar-refractivity contribution < 1.29 is 34.0 Å². The molecule has 9 nitrogen and oxygen atoms in total. The number of morpholine rings is 1. The van der Waals surface area contributed by atoms with Crippen molar-refractivity contribution in [2.75, 3.05) is 46.0 Å². The number of carbonyl (C=O) groups excluding carboxylic acids is 1. The van der Waals surface area contributed by atoms with Crippen LogP contribution in [-0.4, -0.2) is 103 Å². The maximum atomic E-state index is 13.0. The predicted molar refractivity (Wildman–Crippen MR) is 183 cm³/mol. The molecule has 7 fully saturated rings. The molecule has 1 amide bonds. The maximum Gasteiger partial charge on any atom is 0.407 e. The Hall–Kier alpha value is -0.970. The largest absolute Gasteiger partial charge is 0.446 e. The molecule has 2 aliphatic heterocycles. The van der Waals surface area contributed by atoms with Gasteiger partial charge in [-0.1, -0.05) is 34.6 Å². The molecule has 7 rings (SSSR count). The Labute approximate surface area is 289 Å². The fourth-order valence-corrected chi connectivity index (χ4v) is 14.0. The first-order valence-electron chi connectivity index (χ1n) is 19.5. The minimum Gasteiger partial charge on any atom is -0.446 e. The monoisotopic (exact) mass is 674 g/mol. The number of nitrogens with one attached hydrogen (secondary N) is 1. The van der Waals surface area contributed by atoms with Gasteiger partial charge in [0.15, 0.2) is 0 Å². The Morgan fingerprint density at radius 1 is 1.04 bits per heavy atom. The van der Waals surface area contributed by atoms with E-state index in [1.54, 1.807) is 0 Å². The minimum atomic E-state index is -1.03. The lowest BCUT2D eigenvalue weighted by atomic mass is 9.41. The summed E-state index contributed by atoms with van der Waals surface area (Å²) in [6.45, 7) is 22.9. The van der Waals surface area contributed by atoms with E-state index in [2.05, 4.69) is 44.8 Å². The molecule has 9 heteroatoms. The first-order chi connectivity index (χ1) is 22.6. The maximum absolute atomic E-state index is 13.0. The molecule has 5 aliphatic carbocycles. The van der Waals surface area contributed by atoms with Crippen LogP contribution in [0.25, 0.3) is 0 Å². The molecule has 0 aromatic carbocycles. The third-order valence-electron chi connectivity index (χ3n) is 16.2. The highest BCUT2D eigenvalue weighted by Gasteiger charge is 2.84. The fraction of sp³-hybridized carbons (Fsp3) is 0.974. The van der Waals surface area contributed by atoms with Crippen molar-refractivity contribution in [1.82, 2.24) is 10.2 Å². The first kappa shape index (κ1) is 35.4. The number of hydrogen-bond acceptors (Lipinski definition) is 8. The number of carbonyl (C=O) groups is 1. The van der Waals surface area contributed by atoms with Gasteiger partial charge in [-0.3, -0.25) is 4.90 Å². The SMILES string of the molecule is CCO[C@@H](C1C[C@@H](C)[C@H]2C(O1)[C@H](O)[C@@]1(C)C3CC[C@H]4C(C)(C)[C@@H](OC(=O)NCCN5CCOCC5)CC[C@@]45C[C@@]35CC[C@]21C)C(C)(C)O. The van der Waals surface area contributed by atoms with E-state index in [0.717, 1.165) is 71.4 Å². The van der Waals surface area contributed by atoms with Crippen molar-refractivity contribution in [2.24, 2.45) is 50.7 Å². The van der Waals surface area contributed by atoms with Crippen LogP contribution in [0.5, 0.6) is 0 Å². The highest BCUT2D eigenvalue weighted by molar-refractivity contribution is 5.67. The second-order valence-corrected chi connectivity index (χ2v) is 18.9. The average Bonchev–Trinajstić information content (AvgIpc) is 3.66. The van der Waals surface area contributed by atoms with E-state index in [0.29, 0.717) is 30.9 Å². The van der Waals surface area contributed by atoms with E-state index in [9.17, 15) is 15.0 Å². The van der Waals surface area contributed by atoms with Gasteiger partial charge in [-0.05, 0) is 112 Å². The first-order valence-corrected chi connectivity index (χ1v) is 19.5. The smallest absolute Gasteiger partial charge is 0.407 e. The van der Waals surface area contributed by atoms with Crippen LogP contribution in [0.1, 0.15) is 107 Å². The number of alkyl carbamates (subject to hydrolysis) is 1. The summed E-state index contributed by atoms with van der Waals surface area (Å²) >= 11 is 0. The van der Waals surface area contributed by atoms with Gasteiger partial charge in [0.1, 0.15) is 12.2 Å². The molecule has 0 bridgehead atoms. The Morgan fingerprint density at radius 3 is 2.42 bits per heavy atom. The number of hydrogen-bond donors (Lipinski definition) is 3. The Morgan fingerprint density at radius 2 is 1.73 bits per heavy atom. The minimum absolute atomic E-state index is 0.0149. The highest BCUT2D eigenvalue weighted by atomic mass is 16.6. The van der Waals surface area contributed by atoms with Crippen molar-refractivity contribution in [1.29, 1.82) is 0 Å². The second kappa shape index (κ2) is 12.0. The normalized spacial score (nSPS) is 48.6. The van der Waals surface area contributed by atoms with Gasteiger partial charge in [-0.2, -0.15) is 0 Å². The summed E-state index contributed by atoms with van der Waals surface area (Å²) in [7, 11) is 0. The summed E-state index contributed by atoms with van der Waals surface area (Å²) in [6.07, 6.45) is 6.85. The number of rotatable bonds is 8. The molecule has 2 heterocycles. The third kappa shape index (κ3) is 5.01. The van der Waals surface area contributed by atoms with Crippen LogP contribution in [0, 0.1) is 50.7 Å². The van der Waals surface area contributed by atoms with Crippen molar-refractivity contribution in [3.63, 3.8) is 0 Å². The number of nitrogens with zero attached hydrogens (tertiary/aromatic N) is 1. The number of fused-ring (bicyclic) bond motifs is 4. The molecule has 13 atom stereocenters. The van der Waals surface area contributed by atoms with E-state index in [1.807, 2.05) is 20.8 Å². The van der Waals surface area contributed by atoms with Crippen molar-refractivity contribution in [3.05, 3.63) is 0 Å². The van der Waals surface area contributed by atoms with Gasteiger partial charge < -0.3 is 34.5 Å². The van der Waals surface area contributed by atoms with E-state index < -0.39 is 17.8 Å². The van der Waals surface area contributed by atoms with Crippen molar-refractivity contribution in [3.8, 4) is 0 Å². The van der Waals surface area contributed by atoms with E-state index in [-0.39, 0.29) is 57.4 Å². The lowest BCUT2D eigenvalue weighted by molar-refractivity contribution is -0.215. The summed E-state index contributed by atoms with van der Waals surface area (Å²) in [5.41, 5.74) is -0.886. The summed E-state index contributed by atoms with van der Waals surface area (Å²) in [5.74, 6) is 1.60. The van der Waals surface area contributed by atoms with Crippen LogP contribution in [0.15, 0.2) is 0 Å². The van der Waals surface area contributed by atoms with Crippen LogP contribution in [0.3, 0.4) is 0 Å². The quantitative estimate of drug-likeness (QED) is 0.314. The summed E-state index contributed by atoms with van der Waals surface area (Å²) < 4.78 is 24.7. The Bertz CT molecular complexity index is 1220. The molecule has 0 aromatic heterocycles. The van der Waals surface area contributed by atoms with Gasteiger partial charge in [0.05, 0.1) is 37.1 Å². The van der Waals surface area contributed by atoms with Crippen molar-refractivity contribution in [2.45, 2.75) is 143 Å². The lowest BCUT2D eigenvalue weighted by Gasteiger charge is -2.63. The summed E-state index contributed by atoms with van der Waals surface area (Å²) in [4.78, 5) is 15.4. The fourth-order valence-electron chi connectivity index (χ4n) is 14.0. The van der Waals surface area contributed by atoms with E-state index in [4.69, 9.17) is 18.9 Å². The lowest BCUT2D eigenvalue weighted by Crippen LogP contribution is -2.60. The van der Waals surface area contributed by atoms with Gasteiger partial charge in [-0.25, -0.2) is 4.79 Å². The highest BCUT2D eigenvalue weighted by Crippen LogP contribution is 2.89. The zero-order valence-corrected chi connectivity index (χ0v) is 31.2. The standard InChI is InChI=1S/C39H66N2O7/c1-9-46-32(35(5,6)44)25-22-24(2)29-30(47-25)31(42)37(8)27-11-10-26-34(3,4)28(48-33(43)40-16-17-41-18-20-45-21-19-41)12-13-38(26)23-39(27,38)15-14-36(29,37)7/h24-32,42,44H,9-23H2,1-8H3,(H,40,43)/t24-,25?,26+,27?,28+,29+,30?,31+,32+,36-,37-,38-,39+/m1/s1. The van der Waals surface area contributed by atoms with E-state index >= 15 is 0 Å². The van der Waals surface area contributed by atoms with Crippen LogP contribution >= 0.6 is 0 Å². The molecule has 2 spiro atoms. The Kier molecular flexibility index (Phi) is 8.89.